The lowest BCUT2D eigenvalue weighted by Crippen LogP contribution is -2.56. The van der Waals surface area contributed by atoms with Gasteiger partial charge >= 0.3 is 0 Å². The zero-order valence-electron chi connectivity index (χ0n) is 12.4. The van der Waals surface area contributed by atoms with Crippen LogP contribution in [0.25, 0.3) is 0 Å². The molecule has 6 heteroatoms. The van der Waals surface area contributed by atoms with E-state index in [9.17, 15) is 9.59 Å². The van der Waals surface area contributed by atoms with Crippen LogP contribution >= 0.6 is 0 Å². The van der Waals surface area contributed by atoms with E-state index in [4.69, 9.17) is 10.5 Å². The van der Waals surface area contributed by atoms with Crippen molar-refractivity contribution in [3.05, 3.63) is 29.3 Å². The molecule has 0 spiro atoms. The molecule has 0 aromatic heterocycles. The molecule has 2 amide bonds. The Hall–Kier alpha value is -2.08. The first-order valence-electron chi connectivity index (χ1n) is 7.07. The largest absolute Gasteiger partial charge is 0.398 e. The zero-order valence-corrected chi connectivity index (χ0v) is 12.4. The zero-order chi connectivity index (χ0) is 15.4. The summed E-state index contributed by atoms with van der Waals surface area (Å²) in [4.78, 5) is 26.3. The summed E-state index contributed by atoms with van der Waals surface area (Å²) < 4.78 is 5.33. The SMILES string of the molecule is CCNC(=O)C1COCCN1C(=O)c1cc(C)ccc1N. The summed E-state index contributed by atoms with van der Waals surface area (Å²) >= 11 is 0. The number of morpholine rings is 1. The lowest BCUT2D eigenvalue weighted by molar-refractivity contribution is -0.130. The summed E-state index contributed by atoms with van der Waals surface area (Å²) in [5.74, 6) is -0.424. The van der Waals surface area contributed by atoms with Crippen LogP contribution in [0.5, 0.6) is 0 Å². The third kappa shape index (κ3) is 3.33. The Balaban J connectivity index is 2.26. The van der Waals surface area contributed by atoms with Crippen LogP contribution in [0.1, 0.15) is 22.8 Å². The van der Waals surface area contributed by atoms with Gasteiger partial charge < -0.3 is 20.7 Å². The number of nitrogens with zero attached hydrogens (tertiary/aromatic N) is 1. The topological polar surface area (TPSA) is 84.7 Å². The van der Waals surface area contributed by atoms with Gasteiger partial charge in [0, 0.05) is 18.8 Å². The van der Waals surface area contributed by atoms with Crippen molar-refractivity contribution >= 4 is 17.5 Å². The quantitative estimate of drug-likeness (QED) is 0.797. The number of aryl methyl sites for hydroxylation is 1. The van der Waals surface area contributed by atoms with Crippen molar-refractivity contribution in [1.29, 1.82) is 0 Å². The Morgan fingerprint density at radius 1 is 1.48 bits per heavy atom. The molecule has 0 bridgehead atoms. The van der Waals surface area contributed by atoms with Gasteiger partial charge in [0.2, 0.25) is 5.91 Å². The maximum absolute atomic E-state index is 12.7. The molecule has 1 saturated heterocycles. The second-order valence-electron chi connectivity index (χ2n) is 5.07. The van der Waals surface area contributed by atoms with Crippen molar-refractivity contribution in [2.75, 3.05) is 32.0 Å². The summed E-state index contributed by atoms with van der Waals surface area (Å²) in [6.45, 7) is 5.28. The van der Waals surface area contributed by atoms with Crippen LogP contribution in [0.4, 0.5) is 5.69 Å². The third-order valence-electron chi connectivity index (χ3n) is 3.48. The van der Waals surface area contributed by atoms with Crippen molar-refractivity contribution in [3.63, 3.8) is 0 Å². The number of ether oxygens (including phenoxy) is 1. The van der Waals surface area contributed by atoms with Gasteiger partial charge in [-0.15, -0.1) is 0 Å². The molecular formula is C15H21N3O3. The molecule has 1 heterocycles. The molecule has 1 fully saturated rings. The molecule has 1 aliphatic rings. The number of nitrogens with one attached hydrogen (secondary N) is 1. The van der Waals surface area contributed by atoms with E-state index in [0.717, 1.165) is 5.56 Å². The molecule has 1 atom stereocenters. The van der Waals surface area contributed by atoms with Gasteiger partial charge in [0.05, 0.1) is 18.8 Å². The molecule has 1 unspecified atom stereocenters. The van der Waals surface area contributed by atoms with Crippen molar-refractivity contribution < 1.29 is 14.3 Å². The summed E-state index contributed by atoms with van der Waals surface area (Å²) in [5, 5.41) is 2.73. The van der Waals surface area contributed by atoms with Crippen LogP contribution in [-0.2, 0) is 9.53 Å². The van der Waals surface area contributed by atoms with E-state index in [1.54, 1.807) is 17.0 Å². The highest BCUT2D eigenvalue weighted by Gasteiger charge is 2.33. The summed E-state index contributed by atoms with van der Waals surface area (Å²) in [6, 6.07) is 4.71. The second-order valence-corrected chi connectivity index (χ2v) is 5.07. The van der Waals surface area contributed by atoms with Crippen molar-refractivity contribution in [1.82, 2.24) is 10.2 Å². The van der Waals surface area contributed by atoms with Gasteiger partial charge in [0.15, 0.2) is 0 Å². The molecule has 2 rings (SSSR count). The maximum atomic E-state index is 12.7. The minimum atomic E-state index is -0.605. The number of nitrogen functional groups attached to an aromatic ring is 1. The predicted molar refractivity (Wildman–Crippen MR) is 79.9 cm³/mol. The molecule has 6 nitrogen and oxygen atoms in total. The Kier molecular flexibility index (Phi) is 4.80. The summed E-state index contributed by atoms with van der Waals surface area (Å²) in [5.41, 5.74) is 7.71. The Morgan fingerprint density at radius 3 is 2.95 bits per heavy atom. The van der Waals surface area contributed by atoms with Crippen LogP contribution in [-0.4, -0.2) is 49.1 Å². The number of nitrogens with two attached hydrogens (primary N) is 1. The van der Waals surface area contributed by atoms with Crippen LogP contribution in [0.2, 0.25) is 0 Å². The van der Waals surface area contributed by atoms with Crippen LogP contribution in [0, 0.1) is 6.92 Å². The first kappa shape index (κ1) is 15.3. The van der Waals surface area contributed by atoms with Crippen LogP contribution in [0.3, 0.4) is 0 Å². The monoisotopic (exact) mass is 291 g/mol. The average Bonchev–Trinajstić information content (AvgIpc) is 2.49. The number of benzene rings is 1. The van der Waals surface area contributed by atoms with E-state index in [0.29, 0.717) is 30.9 Å². The Labute approximate surface area is 124 Å². The highest BCUT2D eigenvalue weighted by atomic mass is 16.5. The molecule has 1 aromatic rings. The minimum Gasteiger partial charge on any atom is -0.398 e. The van der Waals surface area contributed by atoms with E-state index in [1.165, 1.54) is 0 Å². The molecule has 21 heavy (non-hydrogen) atoms. The number of carbonyl (C=O) groups is 2. The van der Waals surface area contributed by atoms with Crippen LogP contribution in [0.15, 0.2) is 18.2 Å². The third-order valence-corrected chi connectivity index (χ3v) is 3.48. The standard InChI is InChI=1S/C15H21N3O3/c1-3-17-14(19)13-9-21-7-6-18(13)15(20)11-8-10(2)4-5-12(11)16/h4-5,8,13H,3,6-7,9,16H2,1-2H3,(H,17,19). The molecule has 0 saturated carbocycles. The molecule has 1 aliphatic heterocycles. The van der Waals surface area contributed by atoms with Crippen molar-refractivity contribution in [2.24, 2.45) is 0 Å². The lowest BCUT2D eigenvalue weighted by atomic mass is 10.1. The Morgan fingerprint density at radius 2 is 2.24 bits per heavy atom. The van der Waals surface area contributed by atoms with E-state index < -0.39 is 6.04 Å². The van der Waals surface area contributed by atoms with Gasteiger partial charge in [-0.05, 0) is 26.0 Å². The second kappa shape index (κ2) is 6.58. The number of anilines is 1. The number of hydrogen-bond donors (Lipinski definition) is 2. The predicted octanol–water partition coefficient (Wildman–Crippen LogP) is 0.554. The van der Waals surface area contributed by atoms with Gasteiger partial charge in [0.1, 0.15) is 6.04 Å². The van der Waals surface area contributed by atoms with Gasteiger partial charge in [-0.1, -0.05) is 11.6 Å². The van der Waals surface area contributed by atoms with Gasteiger partial charge in [0.25, 0.3) is 5.91 Å². The minimum absolute atomic E-state index is 0.197. The van der Waals surface area contributed by atoms with E-state index in [1.807, 2.05) is 19.9 Å². The van der Waals surface area contributed by atoms with Gasteiger partial charge in [-0.25, -0.2) is 0 Å². The Bertz CT molecular complexity index is 545. The average molecular weight is 291 g/mol. The number of carbonyl (C=O) groups excluding carboxylic acids is 2. The normalized spacial score (nSPS) is 18.4. The molecule has 114 valence electrons. The van der Waals surface area contributed by atoms with Gasteiger partial charge in [-0.2, -0.15) is 0 Å². The molecule has 0 radical (unpaired) electrons. The number of rotatable bonds is 3. The summed E-state index contributed by atoms with van der Waals surface area (Å²) in [7, 11) is 0. The highest BCUT2D eigenvalue weighted by molar-refractivity contribution is 6.01. The first-order valence-corrected chi connectivity index (χ1v) is 7.07. The molecular weight excluding hydrogens is 270 g/mol. The fourth-order valence-electron chi connectivity index (χ4n) is 2.37. The lowest BCUT2D eigenvalue weighted by Gasteiger charge is -2.34. The maximum Gasteiger partial charge on any atom is 0.256 e. The van der Waals surface area contributed by atoms with E-state index >= 15 is 0 Å². The highest BCUT2D eigenvalue weighted by Crippen LogP contribution is 2.19. The molecule has 1 aromatic carbocycles. The fraction of sp³-hybridized carbons (Fsp3) is 0.467. The molecule has 3 N–H and O–H groups in total. The van der Waals surface area contributed by atoms with E-state index in [-0.39, 0.29) is 18.4 Å². The molecule has 0 aliphatic carbocycles. The summed E-state index contributed by atoms with van der Waals surface area (Å²) in [6.07, 6.45) is 0. The number of amides is 2. The van der Waals surface area contributed by atoms with Crippen LogP contribution < -0.4 is 11.1 Å². The first-order chi connectivity index (χ1) is 10.0. The smallest absolute Gasteiger partial charge is 0.256 e. The van der Waals surface area contributed by atoms with E-state index in [2.05, 4.69) is 5.32 Å². The number of likely N-dealkylation sites (N-methyl/N-ethyl adjacent to an activating group) is 1. The number of hydrogen-bond acceptors (Lipinski definition) is 4. The van der Waals surface area contributed by atoms with Gasteiger partial charge in [-0.3, -0.25) is 9.59 Å². The fourth-order valence-corrected chi connectivity index (χ4v) is 2.37. The van der Waals surface area contributed by atoms with Crippen molar-refractivity contribution in [3.8, 4) is 0 Å². The van der Waals surface area contributed by atoms with Crippen molar-refractivity contribution in [2.45, 2.75) is 19.9 Å².